The third kappa shape index (κ3) is 3.58. The molecule has 0 aliphatic carbocycles. The van der Waals surface area contributed by atoms with Crippen molar-refractivity contribution in [3.63, 3.8) is 0 Å². The Bertz CT molecular complexity index is 525. The summed E-state index contributed by atoms with van der Waals surface area (Å²) < 4.78 is 5.38. The predicted molar refractivity (Wildman–Crippen MR) is 76.0 cm³/mol. The summed E-state index contributed by atoms with van der Waals surface area (Å²) in [7, 11) is 0. The van der Waals surface area contributed by atoms with Gasteiger partial charge in [0.25, 0.3) is 0 Å². The molecule has 2 aromatic carbocycles. The van der Waals surface area contributed by atoms with Crippen molar-refractivity contribution < 1.29 is 9.53 Å². The molecule has 3 heteroatoms. The van der Waals surface area contributed by atoms with Gasteiger partial charge in [0.15, 0.2) is 0 Å². The minimum atomic E-state index is -0.484. The van der Waals surface area contributed by atoms with Crippen LogP contribution in [0.4, 0.5) is 0 Å². The van der Waals surface area contributed by atoms with Crippen LogP contribution in [-0.2, 0) is 9.53 Å². The molecule has 0 heterocycles. The van der Waals surface area contributed by atoms with Crippen LogP contribution in [0.2, 0.25) is 0 Å². The van der Waals surface area contributed by atoms with E-state index in [0.29, 0.717) is 0 Å². The minimum Gasteiger partial charge on any atom is -0.456 e. The minimum absolute atomic E-state index is 0.338. The van der Waals surface area contributed by atoms with Gasteiger partial charge in [-0.25, -0.2) is 0 Å². The number of hydrogen-bond acceptors (Lipinski definition) is 2. The van der Waals surface area contributed by atoms with Crippen LogP contribution in [0.25, 0.3) is 0 Å². The van der Waals surface area contributed by atoms with Gasteiger partial charge in [0.1, 0.15) is 6.10 Å². The molecule has 2 atom stereocenters. The Hall–Kier alpha value is -1.80. The third-order valence-electron chi connectivity index (χ3n) is 2.80. The van der Waals surface area contributed by atoms with E-state index in [1.165, 1.54) is 6.92 Å². The monoisotopic (exact) mass is 274 g/mol. The number of carbonyl (C=O) groups excluding carboxylic acids is 1. The fraction of sp³-hybridized carbons (Fsp3) is 0.188. The van der Waals surface area contributed by atoms with Crippen molar-refractivity contribution >= 4 is 17.6 Å². The number of esters is 1. The maximum atomic E-state index is 11.3. The number of rotatable bonds is 4. The highest BCUT2D eigenvalue weighted by molar-refractivity contribution is 6.21. The second-order valence-corrected chi connectivity index (χ2v) is 4.72. The molecule has 0 aromatic heterocycles. The topological polar surface area (TPSA) is 26.3 Å². The maximum Gasteiger partial charge on any atom is 0.303 e. The van der Waals surface area contributed by atoms with E-state index in [-0.39, 0.29) is 5.97 Å². The number of hydrogen-bond donors (Lipinski definition) is 0. The SMILES string of the molecule is CC(=O)OC(c1ccccc1)C(Cl)c1ccccc1. The van der Waals surface area contributed by atoms with Crippen molar-refractivity contribution in [3.8, 4) is 0 Å². The summed E-state index contributed by atoms with van der Waals surface area (Å²) >= 11 is 6.47. The van der Waals surface area contributed by atoms with E-state index in [4.69, 9.17) is 16.3 Å². The summed E-state index contributed by atoms with van der Waals surface area (Å²) in [6.07, 6.45) is -0.484. The molecule has 0 N–H and O–H groups in total. The molecule has 2 unspecified atom stereocenters. The van der Waals surface area contributed by atoms with Crippen LogP contribution in [0, 0.1) is 0 Å². The summed E-state index contributed by atoms with van der Waals surface area (Å²) in [4.78, 5) is 11.3. The van der Waals surface area contributed by atoms with Crippen molar-refractivity contribution in [1.29, 1.82) is 0 Å². The molecule has 0 aliphatic rings. The first-order valence-electron chi connectivity index (χ1n) is 6.09. The van der Waals surface area contributed by atoms with Gasteiger partial charge < -0.3 is 4.74 Å². The normalized spacial score (nSPS) is 13.6. The average molecular weight is 275 g/mol. The van der Waals surface area contributed by atoms with Crippen LogP contribution in [0.3, 0.4) is 0 Å². The molecule has 0 aliphatic heterocycles. The second-order valence-electron chi connectivity index (χ2n) is 4.25. The predicted octanol–water partition coefficient (Wildman–Crippen LogP) is 4.27. The van der Waals surface area contributed by atoms with E-state index >= 15 is 0 Å². The fourth-order valence-corrected chi connectivity index (χ4v) is 2.27. The quantitative estimate of drug-likeness (QED) is 0.615. The highest BCUT2D eigenvalue weighted by Gasteiger charge is 2.25. The van der Waals surface area contributed by atoms with Gasteiger partial charge in [-0.3, -0.25) is 4.79 Å². The Morgan fingerprint density at radius 3 is 1.89 bits per heavy atom. The Balaban J connectivity index is 2.30. The summed E-state index contributed by atoms with van der Waals surface area (Å²) in [6, 6.07) is 19.2. The van der Waals surface area contributed by atoms with Gasteiger partial charge in [0, 0.05) is 6.92 Å². The number of halogens is 1. The molecule has 0 radical (unpaired) electrons. The van der Waals surface area contributed by atoms with Gasteiger partial charge in [-0.1, -0.05) is 60.7 Å². The lowest BCUT2D eigenvalue weighted by atomic mass is 10.0. The van der Waals surface area contributed by atoms with E-state index in [1.807, 2.05) is 60.7 Å². The van der Waals surface area contributed by atoms with Gasteiger partial charge in [-0.05, 0) is 11.1 Å². The van der Waals surface area contributed by atoms with Gasteiger partial charge in [0.2, 0.25) is 0 Å². The van der Waals surface area contributed by atoms with Crippen LogP contribution in [0.5, 0.6) is 0 Å². The van der Waals surface area contributed by atoms with Crippen molar-refractivity contribution in [3.05, 3.63) is 71.8 Å². The van der Waals surface area contributed by atoms with Gasteiger partial charge in [-0.2, -0.15) is 0 Å². The summed E-state index contributed by atoms with van der Waals surface area (Å²) in [5.41, 5.74) is 1.82. The van der Waals surface area contributed by atoms with E-state index in [9.17, 15) is 4.79 Å². The van der Waals surface area contributed by atoms with Crippen LogP contribution < -0.4 is 0 Å². The van der Waals surface area contributed by atoms with E-state index < -0.39 is 11.5 Å². The molecule has 2 nitrogen and oxygen atoms in total. The molecule has 19 heavy (non-hydrogen) atoms. The highest BCUT2D eigenvalue weighted by atomic mass is 35.5. The van der Waals surface area contributed by atoms with Crippen LogP contribution in [0.15, 0.2) is 60.7 Å². The van der Waals surface area contributed by atoms with E-state index in [2.05, 4.69) is 0 Å². The summed E-state index contributed by atoms with van der Waals surface area (Å²) in [5.74, 6) is -0.338. The number of benzene rings is 2. The molecule has 0 fully saturated rings. The van der Waals surface area contributed by atoms with Crippen molar-refractivity contribution in [2.24, 2.45) is 0 Å². The first-order valence-corrected chi connectivity index (χ1v) is 6.53. The zero-order valence-corrected chi connectivity index (χ0v) is 11.4. The summed E-state index contributed by atoms with van der Waals surface area (Å²) in [5, 5.41) is -0.410. The average Bonchev–Trinajstić information content (AvgIpc) is 2.46. The molecule has 2 aromatic rings. The first-order chi connectivity index (χ1) is 9.18. The Kier molecular flexibility index (Phi) is 4.58. The molecule has 0 bridgehead atoms. The van der Waals surface area contributed by atoms with Crippen molar-refractivity contribution in [2.75, 3.05) is 0 Å². The zero-order valence-electron chi connectivity index (χ0n) is 10.6. The van der Waals surface area contributed by atoms with E-state index in [1.54, 1.807) is 0 Å². The Labute approximate surface area is 118 Å². The lowest BCUT2D eigenvalue weighted by Gasteiger charge is -2.22. The lowest BCUT2D eigenvalue weighted by Crippen LogP contribution is -2.13. The lowest BCUT2D eigenvalue weighted by molar-refractivity contribution is -0.146. The van der Waals surface area contributed by atoms with Crippen LogP contribution >= 0.6 is 11.6 Å². The molecule has 0 saturated heterocycles. The van der Waals surface area contributed by atoms with Gasteiger partial charge in [0.05, 0.1) is 5.38 Å². The summed E-state index contributed by atoms with van der Waals surface area (Å²) in [6.45, 7) is 1.39. The molecule has 0 amide bonds. The number of alkyl halides is 1. The Morgan fingerprint density at radius 2 is 1.42 bits per heavy atom. The van der Waals surface area contributed by atoms with Crippen molar-refractivity contribution in [1.82, 2.24) is 0 Å². The molecule has 0 spiro atoms. The zero-order chi connectivity index (χ0) is 13.7. The molecular weight excluding hydrogens is 260 g/mol. The smallest absolute Gasteiger partial charge is 0.303 e. The second kappa shape index (κ2) is 6.39. The van der Waals surface area contributed by atoms with Crippen LogP contribution in [-0.4, -0.2) is 5.97 Å². The molecule has 2 rings (SSSR count). The van der Waals surface area contributed by atoms with Gasteiger partial charge in [-0.15, -0.1) is 11.6 Å². The molecule has 0 saturated carbocycles. The largest absolute Gasteiger partial charge is 0.456 e. The van der Waals surface area contributed by atoms with Gasteiger partial charge >= 0.3 is 5.97 Å². The maximum absolute atomic E-state index is 11.3. The first kappa shape index (κ1) is 13.6. The van der Waals surface area contributed by atoms with E-state index in [0.717, 1.165) is 11.1 Å². The molecular formula is C16H15ClO2. The van der Waals surface area contributed by atoms with Crippen molar-refractivity contribution in [2.45, 2.75) is 18.4 Å². The molecule has 98 valence electrons. The number of ether oxygens (including phenoxy) is 1. The standard InChI is InChI=1S/C16H15ClO2/c1-12(18)19-16(14-10-6-3-7-11-14)15(17)13-8-4-2-5-9-13/h2-11,15-16H,1H3. The van der Waals surface area contributed by atoms with Crippen LogP contribution in [0.1, 0.15) is 29.5 Å². The third-order valence-corrected chi connectivity index (χ3v) is 3.29. The highest BCUT2D eigenvalue weighted by Crippen LogP contribution is 2.37. The number of carbonyl (C=O) groups is 1. The fourth-order valence-electron chi connectivity index (χ4n) is 1.93. The Morgan fingerprint density at radius 1 is 0.947 bits per heavy atom.